The molecule has 3 N–H and O–H groups in total. The molecule has 0 aliphatic carbocycles. The van der Waals surface area contributed by atoms with E-state index in [-0.39, 0.29) is 0 Å². The lowest BCUT2D eigenvalue weighted by molar-refractivity contribution is 0.0711. The zero-order valence-corrected chi connectivity index (χ0v) is 13.8. The molecule has 0 unspecified atom stereocenters. The molecule has 120 valence electrons. The van der Waals surface area contributed by atoms with Gasteiger partial charge in [-0.15, -0.1) is 11.3 Å². The van der Waals surface area contributed by atoms with E-state index in [9.17, 15) is 4.79 Å². The number of anilines is 2. The lowest BCUT2D eigenvalue weighted by Crippen LogP contribution is -2.16. The van der Waals surface area contributed by atoms with Gasteiger partial charge < -0.3 is 5.32 Å². The summed E-state index contributed by atoms with van der Waals surface area (Å²) < 4.78 is 2.01. The Labute approximate surface area is 144 Å². The van der Waals surface area contributed by atoms with E-state index in [1.807, 2.05) is 35.0 Å². The molecule has 0 radical (unpaired) electrons. The van der Waals surface area contributed by atoms with E-state index in [4.69, 9.17) is 5.21 Å². The Hall–Kier alpha value is -2.75. The van der Waals surface area contributed by atoms with Crippen LogP contribution in [0.15, 0.2) is 48.9 Å². The Morgan fingerprint density at radius 3 is 2.92 bits per heavy atom. The highest BCUT2D eigenvalue weighted by Crippen LogP contribution is 2.33. The average Bonchev–Trinajstić information content (AvgIpc) is 3.33. The first-order valence-electron chi connectivity index (χ1n) is 6.94. The van der Waals surface area contributed by atoms with E-state index in [1.165, 1.54) is 22.7 Å². The molecule has 0 fully saturated rings. The van der Waals surface area contributed by atoms with Gasteiger partial charge in [0.15, 0.2) is 5.13 Å². The number of nitrogens with one attached hydrogen (secondary N) is 2. The van der Waals surface area contributed by atoms with Crippen molar-refractivity contribution >= 4 is 44.4 Å². The van der Waals surface area contributed by atoms with Crippen molar-refractivity contribution in [2.75, 3.05) is 5.32 Å². The van der Waals surface area contributed by atoms with Gasteiger partial charge in [0, 0.05) is 12.4 Å². The normalized spacial score (nSPS) is 10.9. The van der Waals surface area contributed by atoms with Gasteiger partial charge in [-0.05, 0) is 24.3 Å². The molecule has 4 rings (SSSR count). The van der Waals surface area contributed by atoms with Crippen molar-refractivity contribution in [1.82, 2.24) is 19.8 Å². The molecule has 7 nitrogen and oxygen atoms in total. The first-order valence-corrected chi connectivity index (χ1v) is 8.57. The van der Waals surface area contributed by atoms with E-state index < -0.39 is 5.91 Å². The molecule has 0 saturated heterocycles. The van der Waals surface area contributed by atoms with Gasteiger partial charge in [-0.2, -0.15) is 0 Å². The summed E-state index contributed by atoms with van der Waals surface area (Å²) in [6.45, 7) is 0. The van der Waals surface area contributed by atoms with Crippen LogP contribution in [-0.4, -0.2) is 25.5 Å². The second-order valence-corrected chi connectivity index (χ2v) is 6.95. The van der Waals surface area contributed by atoms with Crippen LogP contribution in [0.5, 0.6) is 0 Å². The Bertz CT molecular complexity index is 1020. The van der Waals surface area contributed by atoms with Gasteiger partial charge in [0.1, 0.15) is 5.65 Å². The number of nitrogens with zero attached hydrogens (tertiary/aromatic N) is 3. The van der Waals surface area contributed by atoms with E-state index in [2.05, 4.69) is 15.3 Å². The van der Waals surface area contributed by atoms with Crippen molar-refractivity contribution in [3.63, 3.8) is 0 Å². The average molecular weight is 357 g/mol. The lowest BCUT2D eigenvalue weighted by atomic mass is 10.4. The molecule has 0 saturated carbocycles. The Morgan fingerprint density at radius 2 is 2.04 bits per heavy atom. The number of fused-ring (bicyclic) bond motifs is 1. The van der Waals surface area contributed by atoms with Crippen LogP contribution in [0.3, 0.4) is 0 Å². The molecule has 0 aromatic carbocycles. The summed E-state index contributed by atoms with van der Waals surface area (Å²) in [7, 11) is 0. The molecular formula is C15H11N5O2S2. The van der Waals surface area contributed by atoms with Crippen LogP contribution in [-0.2, 0) is 0 Å². The molecule has 0 bridgehead atoms. The number of amides is 1. The Balaban J connectivity index is 1.59. The first kappa shape index (κ1) is 14.8. The smallest absolute Gasteiger partial charge is 0.284 e. The SMILES string of the molecule is O=C(NO)c1ccc(Nc2ncc(-c3cnc4ccccn34)s2)s1. The van der Waals surface area contributed by atoms with Crippen molar-refractivity contribution < 1.29 is 10.0 Å². The number of hydroxylamine groups is 1. The molecule has 1 amide bonds. The summed E-state index contributed by atoms with van der Waals surface area (Å²) in [5.74, 6) is -0.529. The van der Waals surface area contributed by atoms with Gasteiger partial charge in [0.2, 0.25) is 0 Å². The number of hydrogen-bond donors (Lipinski definition) is 3. The summed E-state index contributed by atoms with van der Waals surface area (Å²) in [6.07, 6.45) is 5.57. The molecule has 4 heterocycles. The van der Waals surface area contributed by atoms with Crippen LogP contribution in [0.1, 0.15) is 9.67 Å². The maximum Gasteiger partial charge on any atom is 0.284 e. The number of thiophene rings is 1. The predicted octanol–water partition coefficient (Wildman–Crippen LogP) is 3.38. The third kappa shape index (κ3) is 2.64. The van der Waals surface area contributed by atoms with Gasteiger partial charge in [-0.25, -0.2) is 15.4 Å². The fourth-order valence-electron chi connectivity index (χ4n) is 2.25. The van der Waals surface area contributed by atoms with Gasteiger partial charge in [-0.3, -0.25) is 14.4 Å². The van der Waals surface area contributed by atoms with Gasteiger partial charge in [0.25, 0.3) is 5.91 Å². The van der Waals surface area contributed by atoms with Crippen LogP contribution >= 0.6 is 22.7 Å². The zero-order chi connectivity index (χ0) is 16.5. The summed E-state index contributed by atoms with van der Waals surface area (Å²) in [5.41, 5.74) is 3.48. The summed E-state index contributed by atoms with van der Waals surface area (Å²) in [5, 5.41) is 13.3. The van der Waals surface area contributed by atoms with Crippen molar-refractivity contribution in [1.29, 1.82) is 0 Å². The largest absolute Gasteiger partial charge is 0.323 e. The molecule has 24 heavy (non-hydrogen) atoms. The zero-order valence-electron chi connectivity index (χ0n) is 12.1. The van der Waals surface area contributed by atoms with Crippen LogP contribution in [0, 0.1) is 0 Å². The van der Waals surface area contributed by atoms with Crippen molar-refractivity contribution in [2.45, 2.75) is 0 Å². The minimum absolute atomic E-state index is 0.415. The van der Waals surface area contributed by atoms with Crippen molar-refractivity contribution in [3.8, 4) is 10.6 Å². The number of thiazole rings is 1. The van der Waals surface area contributed by atoms with E-state index in [0.29, 0.717) is 10.0 Å². The number of rotatable bonds is 4. The molecule has 4 aromatic rings. The van der Waals surface area contributed by atoms with Gasteiger partial charge in [0.05, 0.1) is 26.6 Å². The molecule has 0 spiro atoms. The first-order chi connectivity index (χ1) is 11.7. The molecule has 0 aliphatic rings. The fraction of sp³-hybridized carbons (Fsp3) is 0. The van der Waals surface area contributed by atoms with Crippen molar-refractivity contribution in [3.05, 3.63) is 53.8 Å². The number of aromatic nitrogens is 3. The third-order valence-corrected chi connectivity index (χ3v) is 5.27. The topological polar surface area (TPSA) is 91.5 Å². The maximum absolute atomic E-state index is 11.4. The second-order valence-electron chi connectivity index (χ2n) is 4.83. The van der Waals surface area contributed by atoms with Crippen LogP contribution in [0.2, 0.25) is 0 Å². The van der Waals surface area contributed by atoms with Gasteiger partial charge >= 0.3 is 0 Å². The number of hydrogen-bond acceptors (Lipinski definition) is 7. The Kier molecular flexibility index (Phi) is 3.73. The monoisotopic (exact) mass is 357 g/mol. The number of imidazole rings is 1. The highest BCUT2D eigenvalue weighted by Gasteiger charge is 2.12. The van der Waals surface area contributed by atoms with E-state index in [1.54, 1.807) is 23.8 Å². The van der Waals surface area contributed by atoms with Crippen molar-refractivity contribution in [2.24, 2.45) is 0 Å². The molecule has 4 aromatic heterocycles. The van der Waals surface area contributed by atoms with E-state index in [0.717, 1.165) is 21.2 Å². The summed E-state index contributed by atoms with van der Waals surface area (Å²) in [6, 6.07) is 9.26. The lowest BCUT2D eigenvalue weighted by Gasteiger charge is -1.98. The maximum atomic E-state index is 11.4. The second kappa shape index (κ2) is 6.04. The molecular weight excluding hydrogens is 346 g/mol. The van der Waals surface area contributed by atoms with Gasteiger partial charge in [-0.1, -0.05) is 17.4 Å². The quantitative estimate of drug-likeness (QED) is 0.385. The van der Waals surface area contributed by atoms with E-state index >= 15 is 0 Å². The predicted molar refractivity (Wildman–Crippen MR) is 93.2 cm³/mol. The van der Waals surface area contributed by atoms with Crippen LogP contribution in [0.4, 0.5) is 10.1 Å². The highest BCUT2D eigenvalue weighted by atomic mass is 32.1. The molecule has 0 aliphatic heterocycles. The number of carbonyl (C=O) groups excluding carboxylic acids is 1. The number of carbonyl (C=O) groups is 1. The molecule has 9 heteroatoms. The minimum atomic E-state index is -0.529. The summed E-state index contributed by atoms with van der Waals surface area (Å²) in [4.78, 5) is 21.5. The minimum Gasteiger partial charge on any atom is -0.323 e. The number of pyridine rings is 1. The highest BCUT2D eigenvalue weighted by molar-refractivity contribution is 7.20. The Morgan fingerprint density at radius 1 is 1.12 bits per heavy atom. The standard InChI is InChI=1S/C15H11N5O2S2/c21-14(19-22)10-4-5-13(23-10)18-15-17-8-11(24-15)9-7-16-12-3-1-2-6-20(9)12/h1-8,22H,(H,17,18)(H,19,21). The van der Waals surface area contributed by atoms with Crippen LogP contribution < -0.4 is 10.8 Å². The summed E-state index contributed by atoms with van der Waals surface area (Å²) >= 11 is 2.73. The van der Waals surface area contributed by atoms with Crippen LogP contribution in [0.25, 0.3) is 16.2 Å². The molecule has 0 atom stereocenters. The fourth-order valence-corrected chi connectivity index (χ4v) is 3.95. The third-order valence-electron chi connectivity index (χ3n) is 3.34.